The zero-order valence-corrected chi connectivity index (χ0v) is 23.7. The van der Waals surface area contributed by atoms with Crippen molar-refractivity contribution < 1.29 is 14.1 Å². The summed E-state index contributed by atoms with van der Waals surface area (Å²) >= 11 is -1.48. The van der Waals surface area contributed by atoms with Crippen molar-refractivity contribution in [1.29, 1.82) is 0 Å². The maximum absolute atomic E-state index is 13.3. The Hall–Kier alpha value is -3.59. The summed E-state index contributed by atoms with van der Waals surface area (Å²) in [5.41, 5.74) is 3.26. The molecule has 1 unspecified atom stereocenters. The standard InChI is InChI=1S/C32H36N4O3S/c1-2-3-22-39-29-11-4-8-25(23-29)24-35-18-7-19-36(21-20-35)32(37)27-13-15-28(16-14-27)34-40(38)30-12-5-9-26-10-6-17-33-31(26)30/h4-6,8-17,23,34H,2-3,7,18-22,24H2,1H3. The molecule has 0 radical (unpaired) electrons. The second-order valence-corrected chi connectivity index (χ2v) is 11.2. The average Bonchev–Trinajstić information content (AvgIpc) is 3.23. The smallest absolute Gasteiger partial charge is 0.253 e. The predicted molar refractivity (Wildman–Crippen MR) is 161 cm³/mol. The maximum Gasteiger partial charge on any atom is 0.253 e. The van der Waals surface area contributed by atoms with Crippen LogP contribution in [0.5, 0.6) is 5.75 Å². The number of anilines is 1. The Bertz CT molecular complexity index is 1410. The van der Waals surface area contributed by atoms with Crippen molar-refractivity contribution in [3.63, 3.8) is 0 Å². The minimum Gasteiger partial charge on any atom is -0.588 e. The lowest BCUT2D eigenvalue weighted by atomic mass is 10.2. The first kappa shape index (κ1) is 28.0. The van der Waals surface area contributed by atoms with Crippen molar-refractivity contribution in [2.24, 2.45) is 0 Å². The monoisotopic (exact) mass is 556 g/mol. The number of aromatic nitrogens is 1. The molecule has 0 aliphatic carbocycles. The Morgan fingerprint density at radius 2 is 1.82 bits per heavy atom. The number of amides is 1. The zero-order valence-electron chi connectivity index (χ0n) is 22.9. The summed E-state index contributed by atoms with van der Waals surface area (Å²) < 4.78 is 22.0. The molecule has 1 aliphatic heterocycles. The van der Waals surface area contributed by atoms with Crippen LogP contribution in [0.3, 0.4) is 0 Å². The van der Waals surface area contributed by atoms with Crippen LogP contribution in [0.2, 0.25) is 0 Å². The van der Waals surface area contributed by atoms with E-state index in [2.05, 4.69) is 39.7 Å². The highest BCUT2D eigenvalue weighted by Gasteiger charge is 2.21. The molecular formula is C32H36N4O3S. The second kappa shape index (κ2) is 13.7. The fraction of sp³-hybridized carbons (Fsp3) is 0.312. The summed E-state index contributed by atoms with van der Waals surface area (Å²) in [7, 11) is 0. The Morgan fingerprint density at radius 3 is 2.67 bits per heavy atom. The quantitative estimate of drug-likeness (QED) is 0.194. The largest absolute Gasteiger partial charge is 0.588 e. The van der Waals surface area contributed by atoms with Crippen molar-refractivity contribution in [3.05, 3.63) is 96.2 Å². The molecule has 1 atom stereocenters. The van der Waals surface area contributed by atoms with Gasteiger partial charge in [0, 0.05) is 49.9 Å². The molecule has 1 aliphatic rings. The normalized spacial score (nSPS) is 15.0. The SMILES string of the molecule is CCCCOc1cccc(CN2CCCN(C(=O)c3ccc(N[S+]([O-])c4cccc5cccnc45)cc3)CC2)c1. The lowest BCUT2D eigenvalue weighted by Crippen LogP contribution is -2.35. The van der Waals surface area contributed by atoms with Crippen LogP contribution in [0.1, 0.15) is 42.1 Å². The highest BCUT2D eigenvalue weighted by Crippen LogP contribution is 2.24. The van der Waals surface area contributed by atoms with E-state index in [9.17, 15) is 9.35 Å². The van der Waals surface area contributed by atoms with E-state index in [0.717, 1.165) is 63.2 Å². The van der Waals surface area contributed by atoms with Gasteiger partial charge >= 0.3 is 0 Å². The second-order valence-electron chi connectivity index (χ2n) is 10.1. The van der Waals surface area contributed by atoms with Gasteiger partial charge in [0.2, 0.25) is 4.90 Å². The zero-order chi connectivity index (χ0) is 27.7. The van der Waals surface area contributed by atoms with E-state index < -0.39 is 11.4 Å². The first-order valence-electron chi connectivity index (χ1n) is 14.0. The predicted octanol–water partition coefficient (Wildman–Crippen LogP) is 5.90. The summed E-state index contributed by atoms with van der Waals surface area (Å²) in [6, 6.07) is 25.0. The third-order valence-electron chi connectivity index (χ3n) is 7.08. The van der Waals surface area contributed by atoms with E-state index in [0.29, 0.717) is 28.2 Å². The molecule has 40 heavy (non-hydrogen) atoms. The van der Waals surface area contributed by atoms with E-state index in [-0.39, 0.29) is 5.91 Å². The highest BCUT2D eigenvalue weighted by atomic mass is 32.2. The number of nitrogens with one attached hydrogen (secondary N) is 1. The third kappa shape index (κ3) is 7.13. The number of rotatable bonds is 10. The molecule has 2 heterocycles. The van der Waals surface area contributed by atoms with Crippen molar-refractivity contribution in [2.45, 2.75) is 37.6 Å². The van der Waals surface area contributed by atoms with E-state index >= 15 is 0 Å². The van der Waals surface area contributed by atoms with Crippen LogP contribution in [0.4, 0.5) is 5.69 Å². The Balaban J connectivity index is 1.15. The maximum atomic E-state index is 13.3. The molecule has 8 heteroatoms. The molecule has 4 aromatic rings. The third-order valence-corrected chi connectivity index (χ3v) is 8.23. The van der Waals surface area contributed by atoms with Crippen LogP contribution < -0.4 is 9.46 Å². The van der Waals surface area contributed by atoms with Gasteiger partial charge in [-0.3, -0.25) is 14.7 Å². The molecule has 5 rings (SSSR count). The fourth-order valence-electron chi connectivity index (χ4n) is 4.91. The van der Waals surface area contributed by atoms with Crippen LogP contribution in [0.25, 0.3) is 10.9 Å². The average molecular weight is 557 g/mol. The first-order valence-corrected chi connectivity index (χ1v) is 15.1. The number of pyridine rings is 1. The fourth-order valence-corrected chi connectivity index (χ4v) is 5.92. The molecule has 208 valence electrons. The number of unbranched alkanes of at least 4 members (excludes halogenated alkanes) is 1. The van der Waals surface area contributed by atoms with E-state index in [1.165, 1.54) is 5.56 Å². The van der Waals surface area contributed by atoms with Gasteiger partial charge in [-0.1, -0.05) is 43.7 Å². The molecule has 0 spiro atoms. The minimum absolute atomic E-state index is 0.0269. The van der Waals surface area contributed by atoms with E-state index in [1.807, 2.05) is 53.4 Å². The van der Waals surface area contributed by atoms with Crippen molar-refractivity contribution in [2.75, 3.05) is 37.5 Å². The van der Waals surface area contributed by atoms with Gasteiger partial charge in [0.05, 0.1) is 12.3 Å². The summed E-state index contributed by atoms with van der Waals surface area (Å²) in [4.78, 5) is 22.7. The number of carbonyl (C=O) groups is 1. The molecule has 1 fully saturated rings. The topological polar surface area (TPSA) is 80.8 Å². The van der Waals surface area contributed by atoms with Gasteiger partial charge in [0.15, 0.2) is 0 Å². The molecule has 1 saturated heterocycles. The number of hydrogen-bond acceptors (Lipinski definition) is 6. The molecule has 0 saturated carbocycles. The van der Waals surface area contributed by atoms with Crippen LogP contribution in [0.15, 0.2) is 90.0 Å². The van der Waals surface area contributed by atoms with Gasteiger partial charge in [-0.15, -0.1) is 0 Å². The Kier molecular flexibility index (Phi) is 9.54. The number of carbonyl (C=O) groups excluding carboxylic acids is 1. The van der Waals surface area contributed by atoms with Crippen molar-refractivity contribution in [1.82, 2.24) is 14.8 Å². The summed E-state index contributed by atoms with van der Waals surface area (Å²) in [5.74, 6) is 0.951. The van der Waals surface area contributed by atoms with Crippen LogP contribution >= 0.6 is 0 Å². The van der Waals surface area contributed by atoms with Gasteiger partial charge in [0.1, 0.15) is 22.6 Å². The number of ether oxygens (including phenoxy) is 1. The molecular weight excluding hydrogens is 520 g/mol. The van der Waals surface area contributed by atoms with Gasteiger partial charge in [-0.05, 0) is 66.9 Å². The summed E-state index contributed by atoms with van der Waals surface area (Å²) in [6.07, 6.45) is 4.81. The van der Waals surface area contributed by atoms with Gasteiger partial charge < -0.3 is 14.2 Å². The van der Waals surface area contributed by atoms with Crippen LogP contribution in [-0.2, 0) is 17.9 Å². The number of para-hydroxylation sites is 1. The summed E-state index contributed by atoms with van der Waals surface area (Å²) in [5, 5.41) is 0.942. The summed E-state index contributed by atoms with van der Waals surface area (Å²) in [6.45, 7) is 6.94. The molecule has 1 N–H and O–H groups in total. The number of hydrogen-bond donors (Lipinski definition) is 1. The lowest BCUT2D eigenvalue weighted by Gasteiger charge is -2.22. The number of fused-ring (bicyclic) bond motifs is 1. The molecule has 7 nitrogen and oxygen atoms in total. The number of benzene rings is 3. The van der Waals surface area contributed by atoms with Crippen molar-refractivity contribution >= 4 is 33.9 Å². The lowest BCUT2D eigenvalue weighted by molar-refractivity contribution is 0.0761. The van der Waals surface area contributed by atoms with Crippen LogP contribution in [0, 0.1) is 0 Å². The number of nitrogens with zero attached hydrogens (tertiary/aromatic N) is 3. The Morgan fingerprint density at radius 1 is 1.00 bits per heavy atom. The molecule has 1 aromatic heterocycles. The first-order chi connectivity index (χ1) is 19.6. The molecule has 1 amide bonds. The Labute approximate surface area is 239 Å². The minimum atomic E-state index is -1.48. The molecule has 3 aromatic carbocycles. The van der Waals surface area contributed by atoms with Gasteiger partial charge in [0.25, 0.3) is 5.91 Å². The van der Waals surface area contributed by atoms with Gasteiger partial charge in [-0.2, -0.15) is 0 Å². The van der Waals surface area contributed by atoms with E-state index in [1.54, 1.807) is 18.3 Å². The van der Waals surface area contributed by atoms with Crippen LogP contribution in [-0.4, -0.2) is 58.0 Å². The van der Waals surface area contributed by atoms with Crippen molar-refractivity contribution in [3.8, 4) is 5.75 Å². The van der Waals surface area contributed by atoms with Gasteiger partial charge in [-0.25, -0.2) is 4.72 Å². The molecule has 0 bridgehead atoms. The highest BCUT2D eigenvalue weighted by molar-refractivity contribution is 7.93. The van der Waals surface area contributed by atoms with E-state index in [4.69, 9.17) is 4.74 Å².